The Hall–Kier alpha value is -3.75. The second-order valence-electron chi connectivity index (χ2n) is 9.54. The first kappa shape index (κ1) is 24.4. The quantitative estimate of drug-likeness (QED) is 0.532. The van der Waals surface area contributed by atoms with Crippen molar-refractivity contribution in [2.75, 3.05) is 18.4 Å². The van der Waals surface area contributed by atoms with Gasteiger partial charge in [-0.1, -0.05) is 6.07 Å². The van der Waals surface area contributed by atoms with E-state index in [-0.39, 0.29) is 17.8 Å². The third-order valence-corrected chi connectivity index (χ3v) is 5.74. The summed E-state index contributed by atoms with van der Waals surface area (Å²) < 4.78 is 34.3. The van der Waals surface area contributed by atoms with Crippen LogP contribution in [0.15, 0.2) is 54.7 Å². The number of rotatable bonds is 4. The van der Waals surface area contributed by atoms with Crippen LogP contribution in [0.25, 0.3) is 5.69 Å². The average Bonchev–Trinajstić information content (AvgIpc) is 3.24. The zero-order valence-corrected chi connectivity index (χ0v) is 19.9. The van der Waals surface area contributed by atoms with Gasteiger partial charge in [-0.15, -0.1) is 0 Å². The molecule has 2 heterocycles. The molecule has 2 aromatic carbocycles. The lowest BCUT2D eigenvalue weighted by atomic mass is 9.90. The molecule has 0 spiro atoms. The maximum Gasteiger partial charge on any atom is 0.410 e. The van der Waals surface area contributed by atoms with E-state index >= 15 is 0 Å². The summed E-state index contributed by atoms with van der Waals surface area (Å²) >= 11 is 0. The summed E-state index contributed by atoms with van der Waals surface area (Å²) in [5.74, 6) is -1.35. The van der Waals surface area contributed by atoms with Crippen molar-refractivity contribution in [1.29, 1.82) is 0 Å². The van der Waals surface area contributed by atoms with Crippen molar-refractivity contribution in [3.63, 3.8) is 0 Å². The fourth-order valence-electron chi connectivity index (χ4n) is 4.14. The monoisotopic (exact) mass is 482 g/mol. The number of hydrogen-bond donors (Lipinski definition) is 1. The molecule has 184 valence electrons. The molecule has 0 bridgehead atoms. The second kappa shape index (κ2) is 9.85. The first-order chi connectivity index (χ1) is 16.6. The van der Waals surface area contributed by atoms with Gasteiger partial charge in [0.1, 0.15) is 17.2 Å². The predicted molar refractivity (Wildman–Crippen MR) is 128 cm³/mol. The van der Waals surface area contributed by atoms with Crippen molar-refractivity contribution in [2.45, 2.75) is 45.1 Å². The zero-order valence-electron chi connectivity index (χ0n) is 19.9. The van der Waals surface area contributed by atoms with Crippen molar-refractivity contribution < 1.29 is 23.1 Å². The van der Waals surface area contributed by atoms with Crippen LogP contribution in [0.4, 0.5) is 19.3 Å². The van der Waals surface area contributed by atoms with Crippen LogP contribution in [-0.4, -0.2) is 45.4 Å². The molecule has 9 heteroatoms. The summed E-state index contributed by atoms with van der Waals surface area (Å²) in [4.78, 5) is 27.3. The molecular formula is C26H28F2N4O3. The molecule has 0 unspecified atom stereocenters. The molecule has 0 radical (unpaired) electrons. The Morgan fingerprint density at radius 2 is 1.71 bits per heavy atom. The Morgan fingerprint density at radius 3 is 2.34 bits per heavy atom. The van der Waals surface area contributed by atoms with Crippen molar-refractivity contribution in [1.82, 2.24) is 14.7 Å². The molecule has 0 aliphatic carbocycles. The smallest absolute Gasteiger partial charge is 0.410 e. The number of halogens is 2. The molecular weight excluding hydrogens is 454 g/mol. The molecule has 35 heavy (non-hydrogen) atoms. The van der Waals surface area contributed by atoms with E-state index in [2.05, 4.69) is 10.4 Å². The molecule has 7 nitrogen and oxygen atoms in total. The molecule has 3 aromatic rings. The number of nitrogens with zero attached hydrogens (tertiary/aromatic N) is 3. The third kappa shape index (κ3) is 5.85. The van der Waals surface area contributed by atoms with E-state index in [4.69, 9.17) is 4.74 Å². The minimum absolute atomic E-state index is 0.0884. The summed E-state index contributed by atoms with van der Waals surface area (Å²) in [5.41, 5.74) is 1.36. The molecule has 1 fully saturated rings. The number of aromatic nitrogens is 2. The number of piperidine rings is 1. The van der Waals surface area contributed by atoms with Crippen LogP contribution in [0, 0.1) is 11.6 Å². The first-order valence-electron chi connectivity index (χ1n) is 11.5. The van der Waals surface area contributed by atoms with Crippen LogP contribution in [-0.2, 0) is 4.74 Å². The summed E-state index contributed by atoms with van der Waals surface area (Å²) in [6, 6.07) is 11.5. The third-order valence-electron chi connectivity index (χ3n) is 5.74. The van der Waals surface area contributed by atoms with Crippen LogP contribution in [0.5, 0.6) is 0 Å². The highest BCUT2D eigenvalue weighted by atomic mass is 19.1. The van der Waals surface area contributed by atoms with Crippen molar-refractivity contribution in [3.05, 3.63) is 77.6 Å². The predicted octanol–water partition coefficient (Wildman–Crippen LogP) is 5.52. The number of hydrogen-bond acceptors (Lipinski definition) is 4. The van der Waals surface area contributed by atoms with Gasteiger partial charge in [0.25, 0.3) is 5.91 Å². The Balaban J connectivity index is 1.61. The Morgan fingerprint density at radius 1 is 1.03 bits per heavy atom. The van der Waals surface area contributed by atoms with Crippen LogP contribution in [0.3, 0.4) is 0 Å². The lowest BCUT2D eigenvalue weighted by Gasteiger charge is -2.34. The highest BCUT2D eigenvalue weighted by molar-refractivity contribution is 6.05. The maximum atomic E-state index is 13.6. The summed E-state index contributed by atoms with van der Waals surface area (Å²) in [6.07, 6.45) is 2.28. The Kier molecular flexibility index (Phi) is 6.86. The number of carbonyl (C=O) groups is 2. The van der Waals surface area contributed by atoms with Crippen LogP contribution in [0.1, 0.15) is 55.6 Å². The van der Waals surface area contributed by atoms with Gasteiger partial charge in [0, 0.05) is 24.7 Å². The van der Waals surface area contributed by atoms with E-state index in [9.17, 15) is 18.4 Å². The fourth-order valence-corrected chi connectivity index (χ4v) is 4.14. The summed E-state index contributed by atoms with van der Waals surface area (Å²) in [7, 11) is 0. The number of ether oxygens (including phenoxy) is 1. The van der Waals surface area contributed by atoms with Gasteiger partial charge in [0.15, 0.2) is 0 Å². The fraction of sp³-hybridized carbons (Fsp3) is 0.346. The highest BCUT2D eigenvalue weighted by Crippen LogP contribution is 2.33. The van der Waals surface area contributed by atoms with Gasteiger partial charge in [-0.3, -0.25) is 4.79 Å². The maximum absolute atomic E-state index is 13.6. The van der Waals surface area contributed by atoms with Gasteiger partial charge in [0.2, 0.25) is 0 Å². The number of benzene rings is 2. The summed E-state index contributed by atoms with van der Waals surface area (Å²) in [6.45, 7) is 6.38. The number of likely N-dealkylation sites (tertiary alicyclic amines) is 1. The molecule has 1 saturated heterocycles. The first-order valence-corrected chi connectivity index (χ1v) is 11.5. The number of anilines is 1. The minimum atomic E-state index is -0.586. The van der Waals surface area contributed by atoms with Gasteiger partial charge in [-0.25, -0.2) is 18.3 Å². The molecule has 0 saturated carbocycles. The minimum Gasteiger partial charge on any atom is -0.444 e. The topological polar surface area (TPSA) is 76.5 Å². The van der Waals surface area contributed by atoms with Crippen molar-refractivity contribution in [2.24, 2.45) is 0 Å². The molecule has 0 atom stereocenters. The van der Waals surface area contributed by atoms with E-state index in [0.29, 0.717) is 48.6 Å². The zero-order chi connectivity index (χ0) is 25.2. The Bertz CT molecular complexity index is 1210. The van der Waals surface area contributed by atoms with Gasteiger partial charge < -0.3 is 15.0 Å². The van der Waals surface area contributed by atoms with Crippen LogP contribution < -0.4 is 5.32 Å². The van der Waals surface area contributed by atoms with Gasteiger partial charge in [-0.2, -0.15) is 5.10 Å². The largest absolute Gasteiger partial charge is 0.444 e. The lowest BCUT2D eigenvalue weighted by Crippen LogP contribution is -2.41. The number of carbonyl (C=O) groups excluding carboxylic acids is 2. The number of nitrogens with one attached hydrogen (secondary N) is 1. The second-order valence-corrected chi connectivity index (χ2v) is 9.54. The summed E-state index contributed by atoms with van der Waals surface area (Å²) in [5, 5.41) is 7.16. The van der Waals surface area contributed by atoms with E-state index < -0.39 is 17.3 Å². The van der Waals surface area contributed by atoms with E-state index in [1.807, 2.05) is 20.8 Å². The van der Waals surface area contributed by atoms with E-state index in [1.165, 1.54) is 36.5 Å². The van der Waals surface area contributed by atoms with Gasteiger partial charge in [0.05, 0.1) is 23.1 Å². The molecule has 4 rings (SSSR count). The van der Waals surface area contributed by atoms with Crippen LogP contribution in [0.2, 0.25) is 0 Å². The highest BCUT2D eigenvalue weighted by Gasteiger charge is 2.32. The van der Waals surface area contributed by atoms with E-state index in [1.54, 1.807) is 27.8 Å². The van der Waals surface area contributed by atoms with Gasteiger partial charge >= 0.3 is 6.09 Å². The lowest BCUT2D eigenvalue weighted by molar-refractivity contribution is 0.0203. The molecule has 1 aliphatic rings. The number of amides is 2. The SMILES string of the molecule is CC(C)(C)OC(=O)N1CCC(c2c(C(=O)Nc3cccc(F)c3)cnn2-c2ccc(F)cc2)CC1. The van der Waals surface area contributed by atoms with E-state index in [0.717, 1.165) is 0 Å². The normalized spacial score (nSPS) is 14.6. The van der Waals surface area contributed by atoms with Crippen molar-refractivity contribution >= 4 is 17.7 Å². The van der Waals surface area contributed by atoms with Crippen molar-refractivity contribution in [3.8, 4) is 5.69 Å². The molecule has 1 aliphatic heterocycles. The van der Waals surface area contributed by atoms with Crippen LogP contribution >= 0.6 is 0 Å². The van der Waals surface area contributed by atoms with Gasteiger partial charge in [-0.05, 0) is 76.1 Å². The molecule has 2 amide bonds. The average molecular weight is 483 g/mol. The Labute approximate surface area is 202 Å². The molecule has 1 aromatic heterocycles. The standard InChI is InChI=1S/C26H28F2N4O3/c1-26(2,3)35-25(34)31-13-11-17(12-14-31)23-22(24(33)30-20-6-4-5-19(28)15-20)16-29-32(23)21-9-7-18(27)8-10-21/h4-10,15-17H,11-14H2,1-3H3,(H,30,33). The molecule has 1 N–H and O–H groups in total.